The minimum absolute atomic E-state index is 0.218. The second-order valence-electron chi connectivity index (χ2n) is 4.57. The Bertz CT molecular complexity index is 613. The number of nitrogens with two attached hydrogens (primary N) is 1. The van der Waals surface area contributed by atoms with E-state index in [0.29, 0.717) is 11.5 Å². The van der Waals surface area contributed by atoms with Crippen molar-refractivity contribution in [2.45, 2.75) is 13.0 Å². The number of hydrogen-bond acceptors (Lipinski definition) is 3. The van der Waals surface area contributed by atoms with Crippen molar-refractivity contribution in [1.82, 2.24) is 0 Å². The van der Waals surface area contributed by atoms with Crippen molar-refractivity contribution in [3.63, 3.8) is 0 Å². The molecule has 0 spiro atoms. The summed E-state index contributed by atoms with van der Waals surface area (Å²) in [7, 11) is 3.24. The quantitative estimate of drug-likeness (QED) is 0.923. The number of hydrogen-bond donors (Lipinski definition) is 1. The lowest BCUT2D eigenvalue weighted by atomic mass is 9.98. The van der Waals surface area contributed by atoms with Crippen LogP contribution in [-0.2, 0) is 0 Å². The molecule has 2 aromatic carbocycles. The van der Waals surface area contributed by atoms with E-state index in [4.69, 9.17) is 15.2 Å². The molecule has 0 saturated heterocycles. The van der Waals surface area contributed by atoms with Crippen LogP contribution >= 0.6 is 15.9 Å². The molecule has 0 radical (unpaired) electrons. The Morgan fingerprint density at radius 1 is 1.05 bits per heavy atom. The van der Waals surface area contributed by atoms with E-state index in [2.05, 4.69) is 28.9 Å². The summed E-state index contributed by atoms with van der Waals surface area (Å²) in [4.78, 5) is 0. The molecule has 4 heteroatoms. The molecule has 0 amide bonds. The topological polar surface area (TPSA) is 44.5 Å². The minimum atomic E-state index is -0.218. The number of halogens is 1. The highest BCUT2D eigenvalue weighted by Gasteiger charge is 2.15. The van der Waals surface area contributed by atoms with Crippen LogP contribution in [0.4, 0.5) is 0 Å². The van der Waals surface area contributed by atoms with Crippen molar-refractivity contribution in [3.05, 3.63) is 57.6 Å². The maximum Gasteiger partial charge on any atom is 0.161 e. The Kier molecular flexibility index (Phi) is 4.68. The first-order valence-corrected chi connectivity index (χ1v) is 7.10. The van der Waals surface area contributed by atoms with E-state index in [9.17, 15) is 0 Å². The number of methoxy groups -OCH3 is 2. The van der Waals surface area contributed by atoms with Gasteiger partial charge in [0, 0.05) is 4.47 Å². The van der Waals surface area contributed by atoms with Crippen LogP contribution < -0.4 is 15.2 Å². The highest BCUT2D eigenvalue weighted by Crippen LogP contribution is 2.34. The average molecular weight is 336 g/mol. The standard InChI is InChI=1S/C16H18BrNO2/c1-10-5-4-6-12(15(10)17)16(18)11-7-8-13(19-2)14(9-11)20-3/h4-9,16H,18H2,1-3H3. The van der Waals surface area contributed by atoms with Gasteiger partial charge in [-0.15, -0.1) is 0 Å². The number of rotatable bonds is 4. The van der Waals surface area contributed by atoms with Crippen molar-refractivity contribution in [1.29, 1.82) is 0 Å². The SMILES string of the molecule is COc1ccc(C(N)c2cccc(C)c2Br)cc1OC. The second kappa shape index (κ2) is 6.29. The van der Waals surface area contributed by atoms with Gasteiger partial charge in [-0.1, -0.05) is 40.2 Å². The molecule has 0 bridgehead atoms. The molecule has 2 N–H and O–H groups in total. The van der Waals surface area contributed by atoms with Gasteiger partial charge in [-0.3, -0.25) is 0 Å². The fourth-order valence-corrected chi connectivity index (χ4v) is 2.65. The predicted octanol–water partition coefficient (Wildman–Crippen LogP) is 3.82. The Balaban J connectivity index is 2.43. The van der Waals surface area contributed by atoms with E-state index >= 15 is 0 Å². The van der Waals surface area contributed by atoms with Crippen LogP contribution in [0.15, 0.2) is 40.9 Å². The van der Waals surface area contributed by atoms with E-state index in [1.807, 2.05) is 30.3 Å². The molecule has 2 rings (SSSR count). The van der Waals surface area contributed by atoms with Gasteiger partial charge in [-0.05, 0) is 35.7 Å². The van der Waals surface area contributed by atoms with Gasteiger partial charge in [0.15, 0.2) is 11.5 Å². The van der Waals surface area contributed by atoms with Gasteiger partial charge in [0.1, 0.15) is 0 Å². The van der Waals surface area contributed by atoms with Gasteiger partial charge in [0.05, 0.1) is 20.3 Å². The zero-order valence-electron chi connectivity index (χ0n) is 11.8. The molecule has 2 aromatic rings. The van der Waals surface area contributed by atoms with Gasteiger partial charge in [-0.2, -0.15) is 0 Å². The summed E-state index contributed by atoms with van der Waals surface area (Å²) in [5, 5.41) is 0. The lowest BCUT2D eigenvalue weighted by Gasteiger charge is -2.17. The van der Waals surface area contributed by atoms with E-state index in [-0.39, 0.29) is 6.04 Å². The molecular formula is C16H18BrNO2. The molecule has 106 valence electrons. The molecule has 0 aliphatic rings. The largest absolute Gasteiger partial charge is 0.493 e. The van der Waals surface area contributed by atoms with Crippen molar-refractivity contribution in [3.8, 4) is 11.5 Å². The van der Waals surface area contributed by atoms with Gasteiger partial charge in [0.2, 0.25) is 0 Å². The summed E-state index contributed by atoms with van der Waals surface area (Å²) in [5.74, 6) is 1.39. The van der Waals surface area contributed by atoms with Gasteiger partial charge < -0.3 is 15.2 Å². The normalized spacial score (nSPS) is 12.1. The van der Waals surface area contributed by atoms with E-state index in [1.54, 1.807) is 14.2 Å². The van der Waals surface area contributed by atoms with Crippen LogP contribution in [0.5, 0.6) is 11.5 Å². The lowest BCUT2D eigenvalue weighted by molar-refractivity contribution is 0.354. The zero-order valence-corrected chi connectivity index (χ0v) is 13.4. The Morgan fingerprint density at radius 2 is 1.75 bits per heavy atom. The third-order valence-electron chi connectivity index (χ3n) is 3.32. The van der Waals surface area contributed by atoms with Crippen LogP contribution in [0.2, 0.25) is 0 Å². The smallest absolute Gasteiger partial charge is 0.161 e. The first-order chi connectivity index (χ1) is 9.58. The van der Waals surface area contributed by atoms with Crippen molar-refractivity contribution in [2.24, 2.45) is 5.73 Å². The zero-order chi connectivity index (χ0) is 14.7. The lowest BCUT2D eigenvalue weighted by Crippen LogP contribution is -2.13. The highest BCUT2D eigenvalue weighted by molar-refractivity contribution is 9.10. The third kappa shape index (κ3) is 2.81. The van der Waals surface area contributed by atoms with Crippen LogP contribution in [0.25, 0.3) is 0 Å². The summed E-state index contributed by atoms with van der Waals surface area (Å²) in [5.41, 5.74) is 9.57. The van der Waals surface area contributed by atoms with E-state index in [1.165, 1.54) is 5.56 Å². The minimum Gasteiger partial charge on any atom is -0.493 e. The predicted molar refractivity (Wildman–Crippen MR) is 84.5 cm³/mol. The van der Waals surface area contributed by atoms with Crippen molar-refractivity contribution < 1.29 is 9.47 Å². The molecular weight excluding hydrogens is 318 g/mol. The first kappa shape index (κ1) is 14.9. The van der Waals surface area contributed by atoms with Gasteiger partial charge >= 0.3 is 0 Å². The second-order valence-corrected chi connectivity index (χ2v) is 5.36. The first-order valence-electron chi connectivity index (χ1n) is 6.31. The summed E-state index contributed by atoms with van der Waals surface area (Å²) in [6, 6.07) is 11.6. The van der Waals surface area contributed by atoms with E-state index in [0.717, 1.165) is 15.6 Å². The molecule has 3 nitrogen and oxygen atoms in total. The maximum absolute atomic E-state index is 6.37. The molecule has 0 aliphatic carbocycles. The van der Waals surface area contributed by atoms with Crippen LogP contribution in [0, 0.1) is 6.92 Å². The number of aryl methyl sites for hydroxylation is 1. The molecule has 1 unspecified atom stereocenters. The van der Waals surface area contributed by atoms with Crippen LogP contribution in [0.1, 0.15) is 22.7 Å². The van der Waals surface area contributed by atoms with Crippen LogP contribution in [-0.4, -0.2) is 14.2 Å². The molecule has 1 atom stereocenters. The number of ether oxygens (including phenoxy) is 2. The molecule has 0 fully saturated rings. The van der Waals surface area contributed by atoms with Crippen LogP contribution in [0.3, 0.4) is 0 Å². The summed E-state index contributed by atoms with van der Waals surface area (Å²) >= 11 is 3.61. The molecule has 20 heavy (non-hydrogen) atoms. The highest BCUT2D eigenvalue weighted by atomic mass is 79.9. The van der Waals surface area contributed by atoms with Crippen molar-refractivity contribution >= 4 is 15.9 Å². The summed E-state index contributed by atoms with van der Waals surface area (Å²) in [6.45, 7) is 2.05. The van der Waals surface area contributed by atoms with Crippen molar-refractivity contribution in [2.75, 3.05) is 14.2 Å². The fourth-order valence-electron chi connectivity index (χ4n) is 2.14. The Labute approximate surface area is 127 Å². The fraction of sp³-hybridized carbons (Fsp3) is 0.250. The molecule has 0 heterocycles. The average Bonchev–Trinajstić information content (AvgIpc) is 2.48. The Hall–Kier alpha value is -1.52. The monoisotopic (exact) mass is 335 g/mol. The maximum atomic E-state index is 6.37. The summed E-state index contributed by atoms with van der Waals surface area (Å²) < 4.78 is 11.6. The Morgan fingerprint density at radius 3 is 2.40 bits per heavy atom. The van der Waals surface area contributed by atoms with Gasteiger partial charge in [0.25, 0.3) is 0 Å². The van der Waals surface area contributed by atoms with E-state index < -0.39 is 0 Å². The molecule has 0 aromatic heterocycles. The molecule has 0 aliphatic heterocycles. The third-order valence-corrected chi connectivity index (χ3v) is 4.41. The number of benzene rings is 2. The molecule has 0 saturated carbocycles. The summed E-state index contributed by atoms with van der Waals surface area (Å²) in [6.07, 6.45) is 0. The van der Waals surface area contributed by atoms with Gasteiger partial charge in [-0.25, -0.2) is 0 Å².